The summed E-state index contributed by atoms with van der Waals surface area (Å²) in [5.41, 5.74) is -0.293. The topological polar surface area (TPSA) is 38.7 Å². The van der Waals surface area contributed by atoms with Crippen molar-refractivity contribution in [1.82, 2.24) is 0 Å². The van der Waals surface area contributed by atoms with Crippen molar-refractivity contribution in [3.8, 4) is 0 Å². The van der Waals surface area contributed by atoms with Crippen LogP contribution in [0.15, 0.2) is 0 Å². The van der Waals surface area contributed by atoms with Crippen LogP contribution in [0.3, 0.4) is 0 Å². The van der Waals surface area contributed by atoms with Crippen molar-refractivity contribution in [2.75, 3.05) is 13.7 Å². The van der Waals surface area contributed by atoms with E-state index in [-0.39, 0.29) is 5.60 Å². The Morgan fingerprint density at radius 3 is 2.45 bits per heavy atom. The van der Waals surface area contributed by atoms with Gasteiger partial charge in [0, 0.05) is 13.5 Å². The van der Waals surface area contributed by atoms with Crippen LogP contribution in [0.4, 0.5) is 0 Å². The zero-order chi connectivity index (χ0) is 8.54. The van der Waals surface area contributed by atoms with Crippen molar-refractivity contribution in [1.29, 1.82) is 0 Å². The number of hydrogen-bond acceptors (Lipinski definition) is 3. The standard InChI is InChI=1S/C8H16O3/c1-7(6-10-3)4-5-8(2,9)11-7/h9H,4-6H2,1-3H3. The van der Waals surface area contributed by atoms with Crippen molar-refractivity contribution in [3.05, 3.63) is 0 Å². The van der Waals surface area contributed by atoms with Crippen LogP contribution in [0.2, 0.25) is 0 Å². The molecular formula is C8H16O3. The van der Waals surface area contributed by atoms with Crippen LogP contribution in [0.5, 0.6) is 0 Å². The van der Waals surface area contributed by atoms with Gasteiger partial charge in [0.1, 0.15) is 0 Å². The molecular weight excluding hydrogens is 144 g/mol. The zero-order valence-electron chi connectivity index (χ0n) is 7.39. The van der Waals surface area contributed by atoms with Crippen molar-refractivity contribution >= 4 is 0 Å². The number of ether oxygens (including phenoxy) is 2. The van der Waals surface area contributed by atoms with Gasteiger partial charge in [0.25, 0.3) is 0 Å². The SMILES string of the molecule is COCC1(C)CCC(C)(O)O1. The van der Waals surface area contributed by atoms with Gasteiger partial charge in [-0.15, -0.1) is 0 Å². The first-order valence-electron chi connectivity index (χ1n) is 3.89. The molecule has 0 aromatic rings. The van der Waals surface area contributed by atoms with Gasteiger partial charge in [-0.3, -0.25) is 0 Å². The highest BCUT2D eigenvalue weighted by molar-refractivity contribution is 4.86. The predicted octanol–water partition coefficient (Wildman–Crippen LogP) is 0.910. The van der Waals surface area contributed by atoms with Crippen LogP contribution in [-0.2, 0) is 9.47 Å². The molecule has 1 fully saturated rings. The lowest BCUT2D eigenvalue weighted by molar-refractivity contribution is -0.216. The molecule has 0 aromatic heterocycles. The first kappa shape index (κ1) is 8.97. The summed E-state index contributed by atoms with van der Waals surface area (Å²) in [6.45, 7) is 4.19. The second-order valence-corrected chi connectivity index (χ2v) is 3.66. The van der Waals surface area contributed by atoms with Crippen LogP contribution in [0.1, 0.15) is 26.7 Å². The normalized spacial score (nSPS) is 44.7. The van der Waals surface area contributed by atoms with Crippen molar-refractivity contribution in [3.63, 3.8) is 0 Å². The molecule has 0 aromatic carbocycles. The van der Waals surface area contributed by atoms with Crippen LogP contribution in [0, 0.1) is 0 Å². The Morgan fingerprint density at radius 1 is 1.45 bits per heavy atom. The molecule has 0 radical (unpaired) electrons. The molecule has 3 nitrogen and oxygen atoms in total. The third kappa shape index (κ3) is 2.15. The first-order valence-corrected chi connectivity index (χ1v) is 3.89. The third-order valence-electron chi connectivity index (χ3n) is 2.03. The van der Waals surface area contributed by atoms with E-state index in [1.165, 1.54) is 0 Å². The van der Waals surface area contributed by atoms with Crippen molar-refractivity contribution < 1.29 is 14.6 Å². The molecule has 0 bridgehead atoms. The number of hydrogen-bond donors (Lipinski definition) is 1. The highest BCUT2D eigenvalue weighted by atomic mass is 16.7. The van der Waals surface area contributed by atoms with Gasteiger partial charge in [-0.1, -0.05) is 0 Å². The van der Waals surface area contributed by atoms with Gasteiger partial charge in [0.05, 0.1) is 12.2 Å². The van der Waals surface area contributed by atoms with E-state index in [1.807, 2.05) is 6.92 Å². The lowest BCUT2D eigenvalue weighted by atomic mass is 10.0. The van der Waals surface area contributed by atoms with Crippen LogP contribution in [0.25, 0.3) is 0 Å². The summed E-state index contributed by atoms with van der Waals surface area (Å²) < 4.78 is 10.4. The summed E-state index contributed by atoms with van der Waals surface area (Å²) in [5, 5.41) is 9.48. The molecule has 11 heavy (non-hydrogen) atoms. The van der Waals surface area contributed by atoms with Gasteiger partial charge in [-0.25, -0.2) is 0 Å². The van der Waals surface area contributed by atoms with E-state index in [2.05, 4.69) is 0 Å². The summed E-state index contributed by atoms with van der Waals surface area (Å²) in [5.74, 6) is -0.951. The largest absolute Gasteiger partial charge is 0.382 e. The predicted molar refractivity (Wildman–Crippen MR) is 41.2 cm³/mol. The fraction of sp³-hybridized carbons (Fsp3) is 1.00. The van der Waals surface area contributed by atoms with E-state index >= 15 is 0 Å². The van der Waals surface area contributed by atoms with E-state index in [1.54, 1.807) is 14.0 Å². The van der Waals surface area contributed by atoms with Crippen molar-refractivity contribution in [2.45, 2.75) is 38.1 Å². The maximum Gasteiger partial charge on any atom is 0.163 e. The molecule has 1 heterocycles. The van der Waals surface area contributed by atoms with Gasteiger partial charge in [0.15, 0.2) is 5.79 Å². The van der Waals surface area contributed by atoms with Gasteiger partial charge in [0.2, 0.25) is 0 Å². The average molecular weight is 160 g/mol. The van der Waals surface area contributed by atoms with E-state index in [4.69, 9.17) is 9.47 Å². The molecule has 2 unspecified atom stereocenters. The Hall–Kier alpha value is -0.120. The van der Waals surface area contributed by atoms with Gasteiger partial charge in [-0.05, 0) is 20.3 Å². The summed E-state index contributed by atoms with van der Waals surface area (Å²) >= 11 is 0. The Morgan fingerprint density at radius 2 is 2.09 bits per heavy atom. The fourth-order valence-electron chi connectivity index (χ4n) is 1.54. The first-order chi connectivity index (χ1) is 4.97. The second kappa shape index (κ2) is 2.73. The molecule has 1 aliphatic rings. The summed E-state index contributed by atoms with van der Waals surface area (Å²) in [6, 6.07) is 0. The van der Waals surface area contributed by atoms with E-state index in [0.717, 1.165) is 6.42 Å². The van der Waals surface area contributed by atoms with Crippen LogP contribution < -0.4 is 0 Å². The van der Waals surface area contributed by atoms with Gasteiger partial charge >= 0.3 is 0 Å². The van der Waals surface area contributed by atoms with Crippen molar-refractivity contribution in [2.24, 2.45) is 0 Å². The average Bonchev–Trinajstić information content (AvgIpc) is 2.07. The molecule has 1 saturated heterocycles. The number of rotatable bonds is 2. The smallest absolute Gasteiger partial charge is 0.163 e. The van der Waals surface area contributed by atoms with Gasteiger partial charge in [-0.2, -0.15) is 0 Å². The lowest BCUT2D eigenvalue weighted by Crippen LogP contribution is -2.34. The maximum atomic E-state index is 9.48. The number of methoxy groups -OCH3 is 1. The molecule has 66 valence electrons. The van der Waals surface area contributed by atoms with E-state index in [0.29, 0.717) is 13.0 Å². The Balaban J connectivity index is 2.51. The Kier molecular flexibility index (Phi) is 2.23. The highest BCUT2D eigenvalue weighted by Gasteiger charge is 2.42. The quantitative estimate of drug-likeness (QED) is 0.652. The third-order valence-corrected chi connectivity index (χ3v) is 2.03. The fourth-order valence-corrected chi connectivity index (χ4v) is 1.54. The molecule has 1 N–H and O–H groups in total. The minimum Gasteiger partial charge on any atom is -0.382 e. The molecule has 3 heteroatoms. The minimum absolute atomic E-state index is 0.293. The molecule has 1 rings (SSSR count). The number of aliphatic hydroxyl groups is 1. The van der Waals surface area contributed by atoms with Gasteiger partial charge < -0.3 is 14.6 Å². The lowest BCUT2D eigenvalue weighted by Gasteiger charge is -2.25. The molecule has 0 spiro atoms. The Bertz CT molecular complexity index is 144. The van der Waals surface area contributed by atoms with Crippen LogP contribution >= 0.6 is 0 Å². The molecule has 0 aliphatic carbocycles. The summed E-state index contributed by atoms with van der Waals surface area (Å²) in [7, 11) is 1.64. The second-order valence-electron chi connectivity index (χ2n) is 3.66. The summed E-state index contributed by atoms with van der Waals surface area (Å²) in [4.78, 5) is 0. The van der Waals surface area contributed by atoms with E-state index < -0.39 is 5.79 Å². The van der Waals surface area contributed by atoms with Crippen LogP contribution in [-0.4, -0.2) is 30.2 Å². The minimum atomic E-state index is -0.951. The summed E-state index contributed by atoms with van der Waals surface area (Å²) in [6.07, 6.45) is 1.54. The molecule has 0 saturated carbocycles. The monoisotopic (exact) mass is 160 g/mol. The zero-order valence-corrected chi connectivity index (χ0v) is 7.39. The molecule has 1 aliphatic heterocycles. The molecule has 2 atom stereocenters. The maximum absolute atomic E-state index is 9.48. The Labute approximate surface area is 67.3 Å². The molecule has 0 amide bonds. The highest BCUT2D eigenvalue weighted by Crippen LogP contribution is 2.35. The van der Waals surface area contributed by atoms with E-state index in [9.17, 15) is 5.11 Å².